The van der Waals surface area contributed by atoms with E-state index in [0.717, 1.165) is 6.54 Å². The van der Waals surface area contributed by atoms with Crippen LogP contribution in [-0.2, 0) is 0 Å². The molecule has 0 bridgehead atoms. The van der Waals surface area contributed by atoms with Gasteiger partial charge in [-0.2, -0.15) is 0 Å². The van der Waals surface area contributed by atoms with E-state index in [2.05, 4.69) is 25.8 Å². The molecule has 0 spiro atoms. The van der Waals surface area contributed by atoms with Gasteiger partial charge in [-0.05, 0) is 26.3 Å². The number of thioether (sulfide) groups is 1. The van der Waals surface area contributed by atoms with Crippen molar-refractivity contribution in [2.45, 2.75) is 20.8 Å². The van der Waals surface area contributed by atoms with Gasteiger partial charge in [0.05, 0.1) is 5.04 Å². The van der Waals surface area contributed by atoms with Crippen molar-refractivity contribution < 1.29 is 0 Å². The third-order valence-corrected chi connectivity index (χ3v) is 2.75. The minimum absolute atomic E-state index is 1.00. The van der Waals surface area contributed by atoms with Crippen molar-refractivity contribution in [3.8, 4) is 0 Å². The molecule has 10 heavy (non-hydrogen) atoms. The van der Waals surface area contributed by atoms with E-state index in [1.807, 2.05) is 11.8 Å². The van der Waals surface area contributed by atoms with E-state index < -0.39 is 0 Å². The van der Waals surface area contributed by atoms with Crippen LogP contribution in [0.5, 0.6) is 0 Å². The summed E-state index contributed by atoms with van der Waals surface area (Å²) in [4.78, 5) is 4.38. The third kappa shape index (κ3) is 1.63. The fourth-order valence-corrected chi connectivity index (χ4v) is 1.75. The second-order valence-corrected chi connectivity index (χ2v) is 3.74. The molecule has 0 atom stereocenters. The van der Waals surface area contributed by atoms with Gasteiger partial charge in [-0.1, -0.05) is 5.57 Å². The van der Waals surface area contributed by atoms with E-state index in [9.17, 15) is 0 Å². The van der Waals surface area contributed by atoms with E-state index in [-0.39, 0.29) is 0 Å². The Hall–Kier alpha value is -0.240. The van der Waals surface area contributed by atoms with Crippen LogP contribution in [0.2, 0.25) is 0 Å². The van der Waals surface area contributed by atoms with Crippen LogP contribution in [0, 0.1) is 0 Å². The molecule has 0 saturated heterocycles. The van der Waals surface area contributed by atoms with Crippen LogP contribution in [0.1, 0.15) is 20.8 Å². The average molecular weight is 155 g/mol. The van der Waals surface area contributed by atoms with Gasteiger partial charge in [0.1, 0.15) is 0 Å². The molecular weight excluding hydrogens is 142 g/mol. The second-order valence-electron chi connectivity index (χ2n) is 2.66. The van der Waals surface area contributed by atoms with Gasteiger partial charge in [0.25, 0.3) is 0 Å². The molecule has 1 aliphatic heterocycles. The molecule has 1 nitrogen and oxygen atoms in total. The van der Waals surface area contributed by atoms with Gasteiger partial charge in [0.2, 0.25) is 0 Å². The maximum Gasteiger partial charge on any atom is 0.0933 e. The average Bonchev–Trinajstić information content (AvgIpc) is 2.36. The maximum atomic E-state index is 4.38. The lowest BCUT2D eigenvalue weighted by Gasteiger charge is -2.00. The summed E-state index contributed by atoms with van der Waals surface area (Å²) in [5.41, 5.74) is 2.75. The summed E-state index contributed by atoms with van der Waals surface area (Å²) in [5, 5.41) is 1.25. The standard InChI is InChI=1S/C8H13NS/c1-6(2)7(3)8-9-4-5-10-8/h4-5H2,1-3H3. The molecule has 0 aliphatic carbocycles. The molecule has 56 valence electrons. The van der Waals surface area contributed by atoms with Gasteiger partial charge in [0, 0.05) is 12.3 Å². The Morgan fingerprint density at radius 2 is 2.10 bits per heavy atom. The van der Waals surface area contributed by atoms with Gasteiger partial charge >= 0.3 is 0 Å². The summed E-state index contributed by atoms with van der Waals surface area (Å²) in [5.74, 6) is 1.17. The minimum Gasteiger partial charge on any atom is -0.277 e. The topological polar surface area (TPSA) is 12.4 Å². The largest absolute Gasteiger partial charge is 0.277 e. The lowest BCUT2D eigenvalue weighted by molar-refractivity contribution is 1.17. The van der Waals surface area contributed by atoms with Crippen LogP contribution in [0.25, 0.3) is 0 Å². The van der Waals surface area contributed by atoms with Crippen LogP contribution < -0.4 is 0 Å². The highest BCUT2D eigenvalue weighted by atomic mass is 32.2. The Morgan fingerprint density at radius 3 is 2.50 bits per heavy atom. The Morgan fingerprint density at radius 1 is 1.40 bits per heavy atom. The van der Waals surface area contributed by atoms with Crippen molar-refractivity contribution in [2.75, 3.05) is 12.3 Å². The smallest absolute Gasteiger partial charge is 0.0933 e. The van der Waals surface area contributed by atoms with Crippen LogP contribution in [0.3, 0.4) is 0 Å². The van der Waals surface area contributed by atoms with Gasteiger partial charge in [-0.25, -0.2) is 0 Å². The number of hydrogen-bond donors (Lipinski definition) is 0. The van der Waals surface area contributed by atoms with Crippen molar-refractivity contribution in [1.29, 1.82) is 0 Å². The molecule has 0 N–H and O–H groups in total. The molecular formula is C8H13NS. The number of allylic oxidation sites excluding steroid dienone is 1. The maximum absolute atomic E-state index is 4.38. The lowest BCUT2D eigenvalue weighted by atomic mass is 10.2. The summed E-state index contributed by atoms with van der Waals surface area (Å²) in [6, 6.07) is 0. The SMILES string of the molecule is CC(C)=C(C)C1=NCCS1. The molecule has 0 saturated carbocycles. The highest BCUT2D eigenvalue weighted by Crippen LogP contribution is 2.20. The molecule has 0 aromatic heterocycles. The summed E-state index contributed by atoms with van der Waals surface area (Å²) in [7, 11) is 0. The number of hydrogen-bond acceptors (Lipinski definition) is 2. The van der Waals surface area contributed by atoms with Crippen molar-refractivity contribution in [2.24, 2.45) is 4.99 Å². The normalized spacial score (nSPS) is 16.9. The zero-order chi connectivity index (χ0) is 7.56. The first-order valence-corrected chi connectivity index (χ1v) is 4.52. The number of rotatable bonds is 1. The quantitative estimate of drug-likeness (QED) is 0.566. The Labute approximate surface area is 66.6 Å². The number of nitrogens with zero attached hydrogens (tertiary/aromatic N) is 1. The molecule has 1 rings (SSSR count). The first-order valence-electron chi connectivity index (χ1n) is 3.53. The van der Waals surface area contributed by atoms with E-state index in [1.54, 1.807) is 0 Å². The van der Waals surface area contributed by atoms with E-state index in [0.29, 0.717) is 0 Å². The van der Waals surface area contributed by atoms with E-state index in [4.69, 9.17) is 0 Å². The molecule has 1 heterocycles. The fourth-order valence-electron chi connectivity index (χ4n) is 0.776. The zero-order valence-corrected chi connectivity index (χ0v) is 7.59. The molecule has 0 aromatic carbocycles. The number of aliphatic imine (C=N–C) groups is 1. The lowest BCUT2D eigenvalue weighted by Crippen LogP contribution is -1.91. The van der Waals surface area contributed by atoms with Gasteiger partial charge in [0.15, 0.2) is 0 Å². The Bertz CT molecular complexity index is 187. The Balaban J connectivity index is 2.74. The summed E-state index contributed by atoms with van der Waals surface area (Å²) in [6.45, 7) is 7.42. The molecule has 0 radical (unpaired) electrons. The first kappa shape index (κ1) is 7.86. The predicted molar refractivity (Wildman–Crippen MR) is 48.8 cm³/mol. The van der Waals surface area contributed by atoms with Crippen molar-refractivity contribution in [3.63, 3.8) is 0 Å². The second kappa shape index (κ2) is 3.24. The van der Waals surface area contributed by atoms with Crippen LogP contribution in [0.15, 0.2) is 16.1 Å². The monoisotopic (exact) mass is 155 g/mol. The highest BCUT2D eigenvalue weighted by Gasteiger charge is 2.08. The molecule has 1 aliphatic rings. The molecule has 0 amide bonds. The molecule has 0 fully saturated rings. The minimum atomic E-state index is 1.00. The summed E-state index contributed by atoms with van der Waals surface area (Å²) in [6.07, 6.45) is 0. The summed E-state index contributed by atoms with van der Waals surface area (Å²) < 4.78 is 0. The van der Waals surface area contributed by atoms with Crippen molar-refractivity contribution in [3.05, 3.63) is 11.1 Å². The van der Waals surface area contributed by atoms with Crippen LogP contribution in [0.4, 0.5) is 0 Å². The van der Waals surface area contributed by atoms with Crippen molar-refractivity contribution >= 4 is 16.8 Å². The first-order chi connectivity index (χ1) is 4.72. The zero-order valence-electron chi connectivity index (χ0n) is 6.77. The third-order valence-electron chi connectivity index (χ3n) is 1.66. The van der Waals surface area contributed by atoms with Gasteiger partial charge < -0.3 is 0 Å². The van der Waals surface area contributed by atoms with Crippen molar-refractivity contribution in [1.82, 2.24) is 0 Å². The summed E-state index contributed by atoms with van der Waals surface area (Å²) >= 11 is 1.87. The highest BCUT2D eigenvalue weighted by molar-refractivity contribution is 8.14. The van der Waals surface area contributed by atoms with Crippen LogP contribution >= 0.6 is 11.8 Å². The van der Waals surface area contributed by atoms with E-state index >= 15 is 0 Å². The van der Waals surface area contributed by atoms with Gasteiger partial charge in [-0.3, -0.25) is 4.99 Å². The van der Waals surface area contributed by atoms with Gasteiger partial charge in [-0.15, -0.1) is 11.8 Å². The van der Waals surface area contributed by atoms with Crippen LogP contribution in [-0.4, -0.2) is 17.3 Å². The predicted octanol–water partition coefficient (Wildman–Crippen LogP) is 2.49. The molecule has 0 aromatic rings. The fraction of sp³-hybridized carbons (Fsp3) is 0.625. The van der Waals surface area contributed by atoms with E-state index in [1.165, 1.54) is 21.9 Å². The Kier molecular flexibility index (Phi) is 2.55. The molecule has 2 heteroatoms. The molecule has 0 unspecified atom stereocenters.